The maximum atomic E-state index is 11.7. The summed E-state index contributed by atoms with van der Waals surface area (Å²) in [7, 11) is 1.47. The van der Waals surface area contributed by atoms with Crippen molar-refractivity contribution in [1.82, 2.24) is 0 Å². The van der Waals surface area contributed by atoms with Gasteiger partial charge in [-0.3, -0.25) is 4.79 Å². The zero-order chi connectivity index (χ0) is 13.5. The number of ether oxygens (including phenoxy) is 1. The second-order valence-corrected chi connectivity index (χ2v) is 4.15. The van der Waals surface area contributed by atoms with Gasteiger partial charge in [-0.1, -0.05) is 13.3 Å². The number of methoxy groups -OCH3 is 1. The van der Waals surface area contributed by atoms with Gasteiger partial charge in [0.05, 0.1) is 7.11 Å². The number of anilines is 1. The topological polar surface area (TPSA) is 84.6 Å². The fraction of sp³-hybridized carbons (Fsp3) is 0.462. The zero-order valence-electron chi connectivity index (χ0n) is 10.8. The summed E-state index contributed by atoms with van der Waals surface area (Å²) in [4.78, 5) is 11.7. The normalized spacial score (nSPS) is 11.9. The van der Waals surface area contributed by atoms with Gasteiger partial charge in [-0.2, -0.15) is 0 Å². The number of carbonyl (C=O) groups excluding carboxylic acids is 1. The van der Waals surface area contributed by atoms with E-state index in [0.29, 0.717) is 24.4 Å². The average Bonchev–Trinajstić information content (AvgIpc) is 2.36. The summed E-state index contributed by atoms with van der Waals surface area (Å²) in [5.74, 6) is 0.469. The van der Waals surface area contributed by atoms with E-state index < -0.39 is 0 Å². The Kier molecular flexibility index (Phi) is 5.45. The first kappa shape index (κ1) is 14.3. The molecular formula is C13H20N2O3. The Balaban J connectivity index is 2.62. The Morgan fingerprint density at radius 3 is 2.78 bits per heavy atom. The van der Waals surface area contributed by atoms with E-state index in [1.165, 1.54) is 13.2 Å². The Bertz CT molecular complexity index is 403. The Labute approximate surface area is 107 Å². The molecule has 0 saturated carbocycles. The van der Waals surface area contributed by atoms with Crippen molar-refractivity contribution in [3.8, 4) is 11.5 Å². The van der Waals surface area contributed by atoms with Crippen molar-refractivity contribution < 1.29 is 14.6 Å². The molecule has 1 aromatic carbocycles. The lowest BCUT2D eigenvalue weighted by Crippen LogP contribution is -2.21. The summed E-state index contributed by atoms with van der Waals surface area (Å²) in [5.41, 5.74) is 6.10. The Morgan fingerprint density at radius 1 is 1.56 bits per heavy atom. The van der Waals surface area contributed by atoms with Crippen LogP contribution in [0.4, 0.5) is 5.69 Å². The van der Waals surface area contributed by atoms with Crippen LogP contribution in [0.25, 0.3) is 0 Å². The van der Waals surface area contributed by atoms with E-state index in [2.05, 4.69) is 5.32 Å². The average molecular weight is 252 g/mol. The molecule has 18 heavy (non-hydrogen) atoms. The lowest BCUT2D eigenvalue weighted by molar-refractivity contribution is -0.117. The second kappa shape index (κ2) is 6.86. The van der Waals surface area contributed by atoms with Crippen molar-refractivity contribution in [2.45, 2.75) is 19.8 Å². The van der Waals surface area contributed by atoms with Crippen molar-refractivity contribution in [3.63, 3.8) is 0 Å². The molecule has 5 nitrogen and oxygen atoms in total. The number of aromatic hydroxyl groups is 1. The summed E-state index contributed by atoms with van der Waals surface area (Å²) >= 11 is 0. The van der Waals surface area contributed by atoms with Gasteiger partial charge in [0.25, 0.3) is 0 Å². The summed E-state index contributed by atoms with van der Waals surface area (Å²) in [6, 6.07) is 4.74. The van der Waals surface area contributed by atoms with Gasteiger partial charge >= 0.3 is 0 Å². The minimum atomic E-state index is -0.100. The molecule has 0 aliphatic carbocycles. The number of hydrogen-bond acceptors (Lipinski definition) is 4. The van der Waals surface area contributed by atoms with Crippen LogP contribution in [0.15, 0.2) is 18.2 Å². The monoisotopic (exact) mass is 252 g/mol. The smallest absolute Gasteiger partial charge is 0.224 e. The first-order valence-corrected chi connectivity index (χ1v) is 5.97. The van der Waals surface area contributed by atoms with Gasteiger partial charge in [0, 0.05) is 18.2 Å². The number of rotatable bonds is 6. The predicted octanol–water partition coefficient (Wildman–Crippen LogP) is 1.71. The van der Waals surface area contributed by atoms with E-state index in [0.717, 1.165) is 6.42 Å². The molecule has 0 aliphatic rings. The molecule has 4 N–H and O–H groups in total. The van der Waals surface area contributed by atoms with E-state index in [-0.39, 0.29) is 17.6 Å². The third-order valence-corrected chi connectivity index (χ3v) is 2.85. The van der Waals surface area contributed by atoms with Crippen LogP contribution in [0.5, 0.6) is 11.5 Å². The maximum Gasteiger partial charge on any atom is 0.224 e. The minimum Gasteiger partial charge on any atom is -0.504 e. The molecule has 1 rings (SSSR count). The van der Waals surface area contributed by atoms with Crippen LogP contribution in [-0.2, 0) is 4.79 Å². The van der Waals surface area contributed by atoms with E-state index in [1.807, 2.05) is 6.92 Å². The molecule has 1 unspecified atom stereocenters. The lowest BCUT2D eigenvalue weighted by Gasteiger charge is -2.12. The molecule has 0 aromatic heterocycles. The second-order valence-electron chi connectivity index (χ2n) is 4.15. The molecule has 100 valence electrons. The zero-order valence-corrected chi connectivity index (χ0v) is 10.8. The Hall–Kier alpha value is -1.75. The summed E-state index contributed by atoms with van der Waals surface area (Å²) in [6.45, 7) is 2.50. The highest BCUT2D eigenvalue weighted by Crippen LogP contribution is 2.28. The number of amides is 1. The van der Waals surface area contributed by atoms with Crippen LogP contribution in [0.1, 0.15) is 19.8 Å². The van der Waals surface area contributed by atoms with Gasteiger partial charge in [-0.25, -0.2) is 0 Å². The molecule has 0 heterocycles. The standard InChI is InChI=1S/C13H20N2O3/c1-3-9(8-14)6-13(17)15-10-4-5-12(18-2)11(16)7-10/h4-5,7,9,16H,3,6,8,14H2,1-2H3,(H,15,17). The van der Waals surface area contributed by atoms with Crippen molar-refractivity contribution in [2.24, 2.45) is 11.7 Å². The fourth-order valence-electron chi connectivity index (χ4n) is 1.64. The van der Waals surface area contributed by atoms with Gasteiger partial charge in [0.2, 0.25) is 5.91 Å². The number of phenolic OH excluding ortho intramolecular Hbond substituents is 1. The van der Waals surface area contributed by atoms with Crippen molar-refractivity contribution in [3.05, 3.63) is 18.2 Å². The van der Waals surface area contributed by atoms with Gasteiger partial charge < -0.3 is 20.9 Å². The van der Waals surface area contributed by atoms with E-state index >= 15 is 0 Å². The number of nitrogens with one attached hydrogen (secondary N) is 1. The van der Waals surface area contributed by atoms with Crippen molar-refractivity contribution in [1.29, 1.82) is 0 Å². The number of hydrogen-bond donors (Lipinski definition) is 3. The largest absolute Gasteiger partial charge is 0.504 e. The van der Waals surface area contributed by atoms with Crippen molar-refractivity contribution in [2.75, 3.05) is 19.0 Å². The van der Waals surface area contributed by atoms with Crippen molar-refractivity contribution >= 4 is 11.6 Å². The van der Waals surface area contributed by atoms with Gasteiger partial charge in [0.15, 0.2) is 11.5 Å². The van der Waals surface area contributed by atoms with E-state index in [4.69, 9.17) is 10.5 Å². The van der Waals surface area contributed by atoms with Crippen LogP contribution in [0.2, 0.25) is 0 Å². The van der Waals surface area contributed by atoms with E-state index in [9.17, 15) is 9.90 Å². The molecule has 0 spiro atoms. The first-order chi connectivity index (χ1) is 8.60. The minimum absolute atomic E-state index is 0.00108. The molecular weight excluding hydrogens is 232 g/mol. The number of nitrogens with two attached hydrogens (primary N) is 1. The molecule has 0 bridgehead atoms. The van der Waals surface area contributed by atoms with Gasteiger partial charge in [0.1, 0.15) is 0 Å². The van der Waals surface area contributed by atoms with Crippen LogP contribution in [0, 0.1) is 5.92 Å². The molecule has 1 amide bonds. The molecule has 0 fully saturated rings. The highest BCUT2D eigenvalue weighted by atomic mass is 16.5. The predicted molar refractivity (Wildman–Crippen MR) is 70.7 cm³/mol. The van der Waals surface area contributed by atoms with Gasteiger partial charge in [-0.15, -0.1) is 0 Å². The number of carbonyl (C=O) groups is 1. The molecule has 0 radical (unpaired) electrons. The third kappa shape index (κ3) is 3.92. The summed E-state index contributed by atoms with van der Waals surface area (Å²) < 4.78 is 4.93. The third-order valence-electron chi connectivity index (χ3n) is 2.85. The fourth-order valence-corrected chi connectivity index (χ4v) is 1.64. The van der Waals surface area contributed by atoms with Crippen LogP contribution >= 0.6 is 0 Å². The highest BCUT2D eigenvalue weighted by molar-refractivity contribution is 5.91. The molecule has 0 saturated heterocycles. The summed E-state index contributed by atoms with van der Waals surface area (Å²) in [5, 5.41) is 12.3. The number of benzene rings is 1. The highest BCUT2D eigenvalue weighted by Gasteiger charge is 2.11. The molecule has 0 aliphatic heterocycles. The number of phenols is 1. The molecule has 5 heteroatoms. The first-order valence-electron chi connectivity index (χ1n) is 5.97. The lowest BCUT2D eigenvalue weighted by atomic mass is 10.0. The summed E-state index contributed by atoms with van der Waals surface area (Å²) in [6.07, 6.45) is 1.26. The van der Waals surface area contributed by atoms with E-state index in [1.54, 1.807) is 12.1 Å². The van der Waals surface area contributed by atoms with Crippen LogP contribution in [0.3, 0.4) is 0 Å². The van der Waals surface area contributed by atoms with Crippen LogP contribution in [-0.4, -0.2) is 24.7 Å². The molecule has 1 aromatic rings. The molecule has 1 atom stereocenters. The van der Waals surface area contributed by atoms with Crippen LogP contribution < -0.4 is 15.8 Å². The SMILES string of the molecule is CCC(CN)CC(=O)Nc1ccc(OC)c(O)c1. The Morgan fingerprint density at radius 2 is 2.28 bits per heavy atom. The maximum absolute atomic E-state index is 11.7. The quantitative estimate of drug-likeness (QED) is 0.719. The van der Waals surface area contributed by atoms with Gasteiger partial charge in [-0.05, 0) is 24.6 Å².